The van der Waals surface area contributed by atoms with Gasteiger partial charge < -0.3 is 4.43 Å². The Hall–Kier alpha value is 0.177. The van der Waals surface area contributed by atoms with Crippen LogP contribution in [0, 0.1) is 0 Å². The third-order valence-electron chi connectivity index (χ3n) is 4.92. The Labute approximate surface area is 149 Å². The lowest BCUT2D eigenvalue weighted by Crippen LogP contribution is -2.29. The molecule has 140 valence electrons. The third kappa shape index (κ3) is 18.4. The maximum atomic E-state index is 5.89. The second-order valence-corrected chi connectivity index (χ2v) is 12.2. The fourth-order valence-electron chi connectivity index (χ4n) is 3.38. The molecule has 0 aliphatic heterocycles. The topological polar surface area (TPSA) is 9.23 Å². The zero-order valence-corrected chi connectivity index (χ0v) is 17.9. The first-order valence-corrected chi connectivity index (χ1v) is 13.9. The van der Waals surface area contributed by atoms with Crippen molar-refractivity contribution in [3.8, 4) is 0 Å². The van der Waals surface area contributed by atoms with Crippen LogP contribution in [0.3, 0.4) is 0 Å². The predicted molar refractivity (Wildman–Crippen MR) is 109 cm³/mol. The van der Waals surface area contributed by atoms with Crippen LogP contribution >= 0.6 is 0 Å². The second-order valence-electron chi connectivity index (χ2n) is 7.89. The molecule has 23 heavy (non-hydrogen) atoms. The van der Waals surface area contributed by atoms with Gasteiger partial charge in [-0.2, -0.15) is 0 Å². The van der Waals surface area contributed by atoms with E-state index in [2.05, 4.69) is 26.9 Å². The molecule has 0 bridgehead atoms. The SMILES string of the molecule is CCCCCCCCCCCCCCCCC[Si](C)(C)OCC. The van der Waals surface area contributed by atoms with E-state index in [4.69, 9.17) is 4.43 Å². The summed E-state index contributed by atoms with van der Waals surface area (Å²) in [7, 11) is -1.31. The van der Waals surface area contributed by atoms with Gasteiger partial charge in [0.05, 0.1) is 0 Å². The zero-order valence-electron chi connectivity index (χ0n) is 16.9. The highest BCUT2D eigenvalue weighted by Crippen LogP contribution is 2.18. The van der Waals surface area contributed by atoms with Crippen LogP contribution in [-0.2, 0) is 4.43 Å². The van der Waals surface area contributed by atoms with Crippen LogP contribution in [0.25, 0.3) is 0 Å². The molecule has 0 heterocycles. The first-order chi connectivity index (χ1) is 11.1. The van der Waals surface area contributed by atoms with Gasteiger partial charge in [0.1, 0.15) is 0 Å². The monoisotopic (exact) mass is 342 g/mol. The first kappa shape index (κ1) is 23.2. The van der Waals surface area contributed by atoms with Crippen LogP contribution in [0.15, 0.2) is 0 Å². The molecule has 0 aromatic rings. The quantitative estimate of drug-likeness (QED) is 0.180. The minimum absolute atomic E-state index is 0.901. The molecule has 0 aliphatic carbocycles. The summed E-state index contributed by atoms with van der Waals surface area (Å²) in [5.41, 5.74) is 0. The van der Waals surface area contributed by atoms with Gasteiger partial charge in [-0.3, -0.25) is 0 Å². The van der Waals surface area contributed by atoms with Crippen molar-refractivity contribution < 1.29 is 4.43 Å². The minimum Gasteiger partial charge on any atom is -0.418 e. The first-order valence-electron chi connectivity index (χ1n) is 10.8. The summed E-state index contributed by atoms with van der Waals surface area (Å²) in [4.78, 5) is 0. The summed E-state index contributed by atoms with van der Waals surface area (Å²) in [6, 6.07) is 1.35. The predicted octanol–water partition coefficient (Wildman–Crippen LogP) is 8.10. The lowest BCUT2D eigenvalue weighted by atomic mass is 10.0. The Kier molecular flexibility index (Phi) is 17.1. The lowest BCUT2D eigenvalue weighted by Gasteiger charge is -2.21. The maximum absolute atomic E-state index is 5.89. The Morgan fingerprint density at radius 1 is 0.522 bits per heavy atom. The summed E-state index contributed by atoms with van der Waals surface area (Å²) in [5, 5.41) is 0. The van der Waals surface area contributed by atoms with E-state index < -0.39 is 8.32 Å². The standard InChI is InChI=1S/C21H46OSi/c1-5-7-8-9-10-11-12-13-14-15-16-17-18-19-20-21-23(3,4)22-6-2/h5-21H2,1-4H3. The van der Waals surface area contributed by atoms with Gasteiger partial charge in [0.2, 0.25) is 0 Å². The van der Waals surface area contributed by atoms with Crippen LogP contribution < -0.4 is 0 Å². The molecular formula is C21H46OSi. The van der Waals surface area contributed by atoms with E-state index in [1.807, 2.05) is 0 Å². The van der Waals surface area contributed by atoms with E-state index in [9.17, 15) is 0 Å². The molecule has 0 amide bonds. The Morgan fingerprint density at radius 2 is 0.870 bits per heavy atom. The summed E-state index contributed by atoms with van der Waals surface area (Å²) in [5.74, 6) is 0. The van der Waals surface area contributed by atoms with Crippen LogP contribution in [-0.4, -0.2) is 14.9 Å². The fourth-order valence-corrected chi connectivity index (χ4v) is 5.41. The van der Waals surface area contributed by atoms with Crippen LogP contribution in [0.2, 0.25) is 19.1 Å². The molecule has 1 nitrogen and oxygen atoms in total. The van der Waals surface area contributed by atoms with Crippen molar-refractivity contribution in [2.24, 2.45) is 0 Å². The van der Waals surface area contributed by atoms with E-state index in [-0.39, 0.29) is 0 Å². The molecule has 0 saturated carbocycles. The van der Waals surface area contributed by atoms with E-state index >= 15 is 0 Å². The molecular weight excluding hydrogens is 296 g/mol. The molecule has 0 saturated heterocycles. The Bertz CT molecular complexity index is 228. The van der Waals surface area contributed by atoms with E-state index in [1.165, 1.54) is 102 Å². The largest absolute Gasteiger partial charge is 0.418 e. The van der Waals surface area contributed by atoms with Crippen LogP contribution in [0.5, 0.6) is 0 Å². The summed E-state index contributed by atoms with van der Waals surface area (Å²) < 4.78 is 5.89. The van der Waals surface area contributed by atoms with Gasteiger partial charge in [-0.05, 0) is 26.1 Å². The van der Waals surface area contributed by atoms with Gasteiger partial charge in [-0.25, -0.2) is 0 Å². The van der Waals surface area contributed by atoms with E-state index in [0.717, 1.165) is 6.61 Å². The van der Waals surface area contributed by atoms with Gasteiger partial charge in [0, 0.05) is 6.61 Å². The molecule has 0 spiro atoms. The molecule has 2 heteroatoms. The second kappa shape index (κ2) is 17.0. The third-order valence-corrected chi connectivity index (χ3v) is 7.55. The highest BCUT2D eigenvalue weighted by atomic mass is 28.4. The number of hydrogen-bond acceptors (Lipinski definition) is 1. The number of rotatable bonds is 18. The fraction of sp³-hybridized carbons (Fsp3) is 1.00. The molecule has 0 atom stereocenters. The average Bonchev–Trinajstić information content (AvgIpc) is 2.51. The van der Waals surface area contributed by atoms with Crippen molar-refractivity contribution in [3.63, 3.8) is 0 Å². The average molecular weight is 343 g/mol. The highest BCUT2D eigenvalue weighted by Gasteiger charge is 2.20. The molecule has 0 fully saturated rings. The summed E-state index contributed by atoms with van der Waals surface area (Å²) in [6.45, 7) is 10.0. The van der Waals surface area contributed by atoms with Crippen molar-refractivity contribution in [1.82, 2.24) is 0 Å². The Balaban J connectivity index is 3.11. The van der Waals surface area contributed by atoms with E-state index in [0.29, 0.717) is 0 Å². The maximum Gasteiger partial charge on any atom is 0.186 e. The normalized spacial score (nSPS) is 12.0. The van der Waals surface area contributed by atoms with Gasteiger partial charge in [-0.1, -0.05) is 103 Å². The van der Waals surface area contributed by atoms with Crippen molar-refractivity contribution >= 4 is 8.32 Å². The van der Waals surface area contributed by atoms with Crippen LogP contribution in [0.1, 0.15) is 110 Å². The summed E-state index contributed by atoms with van der Waals surface area (Å²) in [6.07, 6.45) is 21.7. The number of unbranched alkanes of at least 4 members (excludes halogenated alkanes) is 14. The van der Waals surface area contributed by atoms with E-state index in [1.54, 1.807) is 0 Å². The number of hydrogen-bond donors (Lipinski definition) is 0. The minimum atomic E-state index is -1.31. The zero-order chi connectivity index (χ0) is 17.2. The van der Waals surface area contributed by atoms with Gasteiger partial charge >= 0.3 is 0 Å². The molecule has 0 unspecified atom stereocenters. The lowest BCUT2D eigenvalue weighted by molar-refractivity contribution is 0.327. The smallest absolute Gasteiger partial charge is 0.186 e. The molecule has 0 radical (unpaired) electrons. The molecule has 0 rings (SSSR count). The van der Waals surface area contributed by atoms with Gasteiger partial charge in [0.15, 0.2) is 8.32 Å². The Morgan fingerprint density at radius 3 is 1.22 bits per heavy atom. The highest BCUT2D eigenvalue weighted by molar-refractivity contribution is 6.71. The molecule has 0 aromatic carbocycles. The van der Waals surface area contributed by atoms with Crippen LogP contribution in [0.4, 0.5) is 0 Å². The van der Waals surface area contributed by atoms with Crippen molar-refractivity contribution in [3.05, 3.63) is 0 Å². The summed E-state index contributed by atoms with van der Waals surface area (Å²) >= 11 is 0. The molecule has 0 aliphatic rings. The molecule has 0 N–H and O–H groups in total. The van der Waals surface area contributed by atoms with Crippen molar-refractivity contribution in [2.75, 3.05) is 6.61 Å². The van der Waals surface area contributed by atoms with Crippen molar-refractivity contribution in [2.45, 2.75) is 129 Å². The molecule has 0 aromatic heterocycles. The van der Waals surface area contributed by atoms with Crippen molar-refractivity contribution in [1.29, 1.82) is 0 Å². The van der Waals surface area contributed by atoms with Gasteiger partial charge in [-0.15, -0.1) is 0 Å². The van der Waals surface area contributed by atoms with Gasteiger partial charge in [0.25, 0.3) is 0 Å².